The summed E-state index contributed by atoms with van der Waals surface area (Å²) in [5.74, 6) is -0.761. The minimum absolute atomic E-state index is 0.0485. The summed E-state index contributed by atoms with van der Waals surface area (Å²) in [5, 5.41) is 10.2. The van der Waals surface area contributed by atoms with Crippen LogP contribution in [0, 0.1) is 17.2 Å². The number of nitriles is 1. The van der Waals surface area contributed by atoms with Crippen LogP contribution in [0.15, 0.2) is 36.7 Å². The molecule has 3 heterocycles. The summed E-state index contributed by atoms with van der Waals surface area (Å²) in [6.07, 6.45) is 3.07. The summed E-state index contributed by atoms with van der Waals surface area (Å²) < 4.78 is 33.9. The van der Waals surface area contributed by atoms with E-state index in [1.54, 1.807) is 0 Å². The minimum Gasteiger partial charge on any atom is -0.462 e. The van der Waals surface area contributed by atoms with E-state index in [9.17, 15) is 18.8 Å². The van der Waals surface area contributed by atoms with Gasteiger partial charge in [0.2, 0.25) is 0 Å². The number of hydrogen-bond donors (Lipinski definition) is 0. The first kappa shape index (κ1) is 35.0. The van der Waals surface area contributed by atoms with Gasteiger partial charge >= 0.3 is 6.01 Å². The fourth-order valence-electron chi connectivity index (χ4n) is 6.54. The number of fused-ring (bicyclic) bond motifs is 1. The zero-order chi connectivity index (χ0) is 32.7. The zero-order valence-electron chi connectivity index (χ0n) is 26.4. The molecule has 5 rings (SSSR count). The van der Waals surface area contributed by atoms with E-state index in [1.807, 2.05) is 44.0 Å². The highest BCUT2D eigenvalue weighted by molar-refractivity contribution is 7.17. The van der Waals surface area contributed by atoms with Gasteiger partial charge in [0.05, 0.1) is 24.2 Å². The van der Waals surface area contributed by atoms with Crippen LogP contribution in [-0.4, -0.2) is 83.8 Å². The summed E-state index contributed by atoms with van der Waals surface area (Å²) in [6, 6.07) is 9.69. The average molecular weight is 661 g/mol. The van der Waals surface area contributed by atoms with Crippen LogP contribution >= 0.6 is 20.8 Å². The Balaban J connectivity index is 0.00000226. The topological polar surface area (TPSA) is 85.6 Å². The van der Waals surface area contributed by atoms with Gasteiger partial charge < -0.3 is 14.5 Å². The number of aromatic nitrogens is 2. The van der Waals surface area contributed by atoms with Crippen molar-refractivity contribution in [2.45, 2.75) is 76.3 Å². The minimum atomic E-state index is -1.03. The lowest BCUT2D eigenvalue weighted by molar-refractivity contribution is -0.131. The van der Waals surface area contributed by atoms with Crippen molar-refractivity contribution in [2.24, 2.45) is 5.92 Å². The summed E-state index contributed by atoms with van der Waals surface area (Å²) in [5.41, 5.74) is 3.09. The van der Waals surface area contributed by atoms with Crippen LogP contribution in [0.5, 0.6) is 6.01 Å². The van der Waals surface area contributed by atoms with E-state index in [2.05, 4.69) is 32.9 Å². The fourth-order valence-corrected chi connectivity index (χ4v) is 7.43. The fraction of sp³-hybridized carbons (Fsp3) is 0.576. The molecule has 12 heteroatoms. The maximum atomic E-state index is 14.0. The number of alkyl halides is 1. The Morgan fingerprint density at radius 2 is 1.98 bits per heavy atom. The van der Waals surface area contributed by atoms with Crippen molar-refractivity contribution >= 4 is 32.6 Å². The van der Waals surface area contributed by atoms with E-state index in [0.717, 1.165) is 47.5 Å². The summed E-state index contributed by atoms with van der Waals surface area (Å²) >= 11 is 6.43. The summed E-state index contributed by atoms with van der Waals surface area (Å²) in [7, 11) is 4.86. The first-order valence-electron chi connectivity index (χ1n) is 15.8. The van der Waals surface area contributed by atoms with Crippen molar-refractivity contribution in [1.29, 1.82) is 5.26 Å². The van der Waals surface area contributed by atoms with Gasteiger partial charge in [-0.15, -0.1) is 9.24 Å². The van der Waals surface area contributed by atoms with Crippen LogP contribution < -0.4 is 9.64 Å². The Morgan fingerprint density at radius 3 is 2.64 bits per heavy atom. The number of carbonyl (C=O) groups excluding carboxylic acids is 1. The summed E-state index contributed by atoms with van der Waals surface area (Å²) in [4.78, 5) is 27.6. The van der Waals surface area contributed by atoms with Crippen molar-refractivity contribution in [3.63, 3.8) is 0 Å². The zero-order valence-corrected chi connectivity index (χ0v) is 28.3. The van der Waals surface area contributed by atoms with Gasteiger partial charge in [-0.3, -0.25) is 9.69 Å². The van der Waals surface area contributed by atoms with E-state index < -0.39 is 23.9 Å². The number of rotatable bonds is 9. The monoisotopic (exact) mass is 660 g/mol. The van der Waals surface area contributed by atoms with Gasteiger partial charge in [-0.25, -0.2) is 8.78 Å². The molecule has 45 heavy (non-hydrogen) atoms. The number of likely N-dealkylation sites (tertiary alicyclic amines) is 1. The molecule has 1 aromatic heterocycles. The van der Waals surface area contributed by atoms with Crippen molar-refractivity contribution in [2.75, 3.05) is 44.7 Å². The largest absolute Gasteiger partial charge is 0.462 e. The molecular weight excluding hydrogens is 617 g/mol. The van der Waals surface area contributed by atoms with Crippen molar-refractivity contribution in [1.82, 2.24) is 19.8 Å². The van der Waals surface area contributed by atoms with Gasteiger partial charge in [-0.2, -0.15) is 15.2 Å². The Bertz CT molecular complexity index is 1390. The van der Waals surface area contributed by atoms with Gasteiger partial charge in [0.15, 0.2) is 5.83 Å². The predicted molar refractivity (Wildman–Crippen MR) is 177 cm³/mol. The van der Waals surface area contributed by atoms with Crippen molar-refractivity contribution in [3.05, 3.63) is 58.5 Å². The van der Waals surface area contributed by atoms with E-state index in [-0.39, 0.29) is 37.3 Å². The van der Waals surface area contributed by atoms with Gasteiger partial charge in [-0.1, -0.05) is 50.2 Å². The molecule has 2 aliphatic heterocycles. The number of amides is 1. The van der Waals surface area contributed by atoms with Gasteiger partial charge in [0, 0.05) is 48.5 Å². The second kappa shape index (κ2) is 16.1. The maximum Gasteiger partial charge on any atom is 0.318 e. The quantitative estimate of drug-likeness (QED) is 0.237. The van der Waals surface area contributed by atoms with Crippen LogP contribution in [0.4, 0.5) is 14.6 Å². The third-order valence-electron chi connectivity index (χ3n) is 8.97. The average Bonchev–Trinajstić information content (AvgIpc) is 3.37. The van der Waals surface area contributed by atoms with E-state index in [0.29, 0.717) is 37.8 Å². The molecule has 0 bridgehead atoms. The molecule has 3 aliphatic rings. The number of likely N-dealkylation sites (N-methyl/N-ethyl adjacent to an activating group) is 1. The molecule has 1 amide bonds. The molecule has 2 aromatic rings. The molecule has 6 unspecified atom stereocenters. The second-order valence-corrected chi connectivity index (χ2v) is 12.9. The highest BCUT2D eigenvalue weighted by Gasteiger charge is 2.37. The third kappa shape index (κ3) is 8.30. The molecule has 0 spiro atoms. The number of aryl methyl sites for hydroxylation is 1. The van der Waals surface area contributed by atoms with Crippen molar-refractivity contribution < 1.29 is 18.3 Å². The number of anilines is 1. The molecular formula is C33H44ClF2N6O2P. The maximum absolute atomic E-state index is 14.0. The number of nitrogens with zero attached hydrogens (tertiary/aromatic N) is 6. The molecule has 6 atom stereocenters. The van der Waals surface area contributed by atoms with Crippen LogP contribution in [0.1, 0.15) is 62.0 Å². The lowest BCUT2D eigenvalue weighted by Crippen LogP contribution is -2.55. The highest BCUT2D eigenvalue weighted by Crippen LogP contribution is 2.45. The number of hydrogen-bond acceptors (Lipinski definition) is 7. The lowest BCUT2D eigenvalue weighted by atomic mass is 9.82. The molecule has 1 aliphatic carbocycles. The lowest BCUT2D eigenvalue weighted by Gasteiger charge is -2.42. The van der Waals surface area contributed by atoms with E-state index in [1.165, 1.54) is 4.90 Å². The van der Waals surface area contributed by atoms with Crippen molar-refractivity contribution in [3.8, 4) is 12.1 Å². The van der Waals surface area contributed by atoms with Crippen LogP contribution in [0.3, 0.4) is 0 Å². The number of ether oxygens (including phenoxy) is 1. The predicted octanol–water partition coefficient (Wildman–Crippen LogP) is 6.10. The highest BCUT2D eigenvalue weighted by atomic mass is 35.5. The SMILES string of the molecule is C=C(F)C(=O)N1CCN(c2nc(OCC3CC(F)CN3C)nc3c2CCC(CCc2ccccc2Cl)C3P)CC1CC#N.CC. The Hall–Kier alpha value is -2.86. The number of piperazine rings is 1. The molecule has 244 valence electrons. The Labute approximate surface area is 273 Å². The number of carbonyl (C=O) groups is 1. The van der Waals surface area contributed by atoms with E-state index >= 15 is 0 Å². The molecule has 8 nitrogen and oxygen atoms in total. The van der Waals surface area contributed by atoms with Crippen LogP contribution in [0.2, 0.25) is 5.02 Å². The number of benzene rings is 1. The molecule has 0 N–H and O–H groups in total. The number of halogens is 3. The van der Waals surface area contributed by atoms with Gasteiger partial charge in [0.25, 0.3) is 5.91 Å². The first-order valence-corrected chi connectivity index (χ1v) is 16.8. The van der Waals surface area contributed by atoms with Gasteiger partial charge in [0.1, 0.15) is 18.6 Å². The normalized spacial score (nSPS) is 24.7. The Kier molecular flexibility index (Phi) is 12.5. The second-order valence-electron chi connectivity index (χ2n) is 11.8. The van der Waals surface area contributed by atoms with Gasteiger partial charge in [-0.05, 0) is 56.7 Å². The summed E-state index contributed by atoms with van der Waals surface area (Å²) in [6.45, 7) is 8.77. The first-order chi connectivity index (χ1) is 21.7. The molecule has 0 saturated carbocycles. The standard InChI is InChI=1S/C31H38ClF2N6O2P.C2H6/c1-19(33)30(41)40-14-13-39(17-23(40)11-12-35)29-25-10-9-21(8-7-20-5-3-4-6-26(20)32)28(43)27(25)36-31(37-29)42-18-24-15-22(34)16-38(24)2;1-2/h3-6,21-24,28H,1,7-11,13-18,43H2,2H3;1-2H3. The van der Waals surface area contributed by atoms with E-state index in [4.69, 9.17) is 26.3 Å². The smallest absolute Gasteiger partial charge is 0.318 e. The van der Waals surface area contributed by atoms with Crippen LogP contribution in [0.25, 0.3) is 0 Å². The molecule has 2 saturated heterocycles. The Morgan fingerprint density at radius 1 is 1.22 bits per heavy atom. The molecule has 2 fully saturated rings. The third-order valence-corrected chi connectivity index (χ3v) is 10.2. The van der Waals surface area contributed by atoms with Crippen LogP contribution in [-0.2, 0) is 17.6 Å². The molecule has 0 radical (unpaired) electrons. The molecule has 1 aromatic carbocycles.